The number of nitrogen functional groups attached to an aromatic ring is 1. The molecule has 2 N–H and O–H groups in total. The van der Waals surface area contributed by atoms with E-state index >= 15 is 0 Å². The first kappa shape index (κ1) is 7.01. The number of methoxy groups -OCH3 is 1. The van der Waals surface area contributed by atoms with Crippen LogP contribution in [0.2, 0.25) is 0 Å². The fourth-order valence-electron chi connectivity index (χ4n) is 0.495. The predicted octanol–water partition coefficient (Wildman–Crippen LogP) is 0.512. The van der Waals surface area contributed by atoms with Crippen LogP contribution in [0.15, 0.2) is 6.20 Å². The first-order chi connectivity index (χ1) is 4.75. The van der Waals surface area contributed by atoms with Crippen molar-refractivity contribution in [2.45, 2.75) is 0 Å². The lowest BCUT2D eigenvalue weighted by molar-refractivity contribution is 0.0607. The van der Waals surface area contributed by atoms with Gasteiger partial charge < -0.3 is 10.5 Å². The first-order valence-electron chi connectivity index (χ1n) is 2.54. The lowest BCUT2D eigenvalue weighted by Gasteiger charge is -1.92. The summed E-state index contributed by atoms with van der Waals surface area (Å²) < 4.78 is 8.13. The van der Waals surface area contributed by atoms with Gasteiger partial charge in [0.15, 0.2) is 4.88 Å². The van der Waals surface area contributed by atoms with Crippen molar-refractivity contribution in [1.82, 2.24) is 4.37 Å². The molecule has 1 aromatic heterocycles. The third-order valence-electron chi connectivity index (χ3n) is 0.969. The van der Waals surface area contributed by atoms with Crippen molar-refractivity contribution in [3.8, 4) is 0 Å². The molecule has 1 rings (SSSR count). The van der Waals surface area contributed by atoms with Crippen LogP contribution in [0.25, 0.3) is 0 Å². The monoisotopic (exact) mass is 158 g/mol. The number of anilines is 1. The minimum atomic E-state index is -0.431. The summed E-state index contributed by atoms with van der Waals surface area (Å²) in [5, 5.41) is 0. The van der Waals surface area contributed by atoms with Gasteiger partial charge in [-0.1, -0.05) is 0 Å². The molecule has 54 valence electrons. The molecular formula is C5H6N2O2S. The zero-order valence-electron chi connectivity index (χ0n) is 5.33. The zero-order chi connectivity index (χ0) is 7.56. The summed E-state index contributed by atoms with van der Waals surface area (Å²) in [6, 6.07) is 0. The Balaban J connectivity index is 2.93. The smallest absolute Gasteiger partial charge is 0.351 e. The highest BCUT2D eigenvalue weighted by molar-refractivity contribution is 7.08. The number of nitrogens with two attached hydrogens (primary N) is 1. The van der Waals surface area contributed by atoms with Crippen molar-refractivity contribution in [1.29, 1.82) is 0 Å². The molecule has 0 aliphatic heterocycles. The van der Waals surface area contributed by atoms with Crippen molar-refractivity contribution >= 4 is 23.2 Å². The van der Waals surface area contributed by atoms with Crippen LogP contribution in [0.1, 0.15) is 9.67 Å². The van der Waals surface area contributed by atoms with Gasteiger partial charge in [-0.05, 0) is 11.5 Å². The first-order valence-corrected chi connectivity index (χ1v) is 3.31. The molecule has 1 aromatic rings. The van der Waals surface area contributed by atoms with Crippen LogP contribution in [0.5, 0.6) is 0 Å². The van der Waals surface area contributed by atoms with E-state index in [2.05, 4.69) is 9.11 Å². The molecule has 0 aromatic carbocycles. The number of nitrogens with zero attached hydrogens (tertiary/aromatic N) is 1. The van der Waals surface area contributed by atoms with Gasteiger partial charge in [-0.3, -0.25) is 0 Å². The molecule has 4 nitrogen and oxygen atoms in total. The average molecular weight is 158 g/mol. The molecule has 0 unspecified atom stereocenters. The summed E-state index contributed by atoms with van der Waals surface area (Å²) in [7, 11) is 1.31. The summed E-state index contributed by atoms with van der Waals surface area (Å²) in [6.45, 7) is 0. The van der Waals surface area contributed by atoms with E-state index in [1.165, 1.54) is 13.3 Å². The molecule has 10 heavy (non-hydrogen) atoms. The number of rotatable bonds is 1. The molecule has 0 atom stereocenters. The third-order valence-corrected chi connectivity index (χ3v) is 1.76. The Morgan fingerprint density at radius 2 is 2.60 bits per heavy atom. The fraction of sp³-hybridized carbons (Fsp3) is 0.200. The predicted molar refractivity (Wildman–Crippen MR) is 37.9 cm³/mol. The molecule has 0 aliphatic rings. The van der Waals surface area contributed by atoms with Gasteiger partial charge in [-0.25, -0.2) is 4.79 Å². The lowest BCUT2D eigenvalue weighted by Crippen LogP contribution is -2.00. The van der Waals surface area contributed by atoms with Crippen LogP contribution < -0.4 is 5.73 Å². The number of carbonyl (C=O) groups excluding carboxylic acids is 1. The van der Waals surface area contributed by atoms with Gasteiger partial charge in [0.1, 0.15) is 0 Å². The van der Waals surface area contributed by atoms with Gasteiger partial charge in [-0.2, -0.15) is 4.37 Å². The Kier molecular flexibility index (Phi) is 1.86. The topological polar surface area (TPSA) is 65.2 Å². The number of aromatic nitrogens is 1. The zero-order valence-corrected chi connectivity index (χ0v) is 6.14. The molecule has 0 aliphatic carbocycles. The Labute approximate surface area is 61.8 Å². The maximum atomic E-state index is 10.8. The Morgan fingerprint density at radius 3 is 3.00 bits per heavy atom. The standard InChI is InChI=1S/C5H6N2O2S/c1-9-5(8)4-3(6)2-7-10-4/h2H,6H2,1H3. The van der Waals surface area contributed by atoms with Crippen LogP contribution in [0.3, 0.4) is 0 Å². The number of ether oxygens (including phenoxy) is 1. The van der Waals surface area contributed by atoms with Crippen molar-refractivity contribution in [2.75, 3.05) is 12.8 Å². The minimum Gasteiger partial charge on any atom is -0.465 e. The molecule has 1 heterocycles. The second-order valence-electron chi connectivity index (χ2n) is 1.60. The van der Waals surface area contributed by atoms with Gasteiger partial charge in [-0.15, -0.1) is 0 Å². The summed E-state index contributed by atoms with van der Waals surface area (Å²) in [4.78, 5) is 11.1. The van der Waals surface area contributed by atoms with E-state index in [0.29, 0.717) is 10.6 Å². The van der Waals surface area contributed by atoms with E-state index in [4.69, 9.17) is 5.73 Å². The van der Waals surface area contributed by atoms with Crippen molar-refractivity contribution in [3.63, 3.8) is 0 Å². The van der Waals surface area contributed by atoms with Crippen LogP contribution in [-0.4, -0.2) is 17.5 Å². The molecule has 0 saturated carbocycles. The summed E-state index contributed by atoms with van der Waals surface area (Å²) in [5.74, 6) is -0.431. The van der Waals surface area contributed by atoms with Gasteiger partial charge in [0.25, 0.3) is 0 Å². The van der Waals surface area contributed by atoms with Crippen LogP contribution in [0, 0.1) is 0 Å². The van der Waals surface area contributed by atoms with E-state index < -0.39 is 5.97 Å². The highest BCUT2D eigenvalue weighted by Crippen LogP contribution is 2.15. The molecule has 0 fully saturated rings. The Hall–Kier alpha value is -1.10. The highest BCUT2D eigenvalue weighted by Gasteiger charge is 2.11. The molecule has 0 spiro atoms. The highest BCUT2D eigenvalue weighted by atomic mass is 32.1. The number of carbonyl (C=O) groups is 1. The normalized spacial score (nSPS) is 9.30. The average Bonchev–Trinajstić information content (AvgIpc) is 2.34. The number of esters is 1. The second kappa shape index (κ2) is 2.66. The summed E-state index contributed by atoms with van der Waals surface area (Å²) in [5.41, 5.74) is 5.74. The lowest BCUT2D eigenvalue weighted by atomic mass is 10.4. The van der Waals surface area contributed by atoms with E-state index in [-0.39, 0.29) is 0 Å². The van der Waals surface area contributed by atoms with Crippen LogP contribution >= 0.6 is 11.5 Å². The van der Waals surface area contributed by atoms with Gasteiger partial charge in [0, 0.05) is 0 Å². The third kappa shape index (κ3) is 1.08. The quantitative estimate of drug-likeness (QED) is 0.605. The maximum Gasteiger partial charge on any atom is 0.351 e. The Bertz CT molecular complexity index is 246. The molecule has 0 radical (unpaired) electrons. The van der Waals surface area contributed by atoms with E-state index in [9.17, 15) is 4.79 Å². The summed E-state index contributed by atoms with van der Waals surface area (Å²) in [6.07, 6.45) is 1.43. The van der Waals surface area contributed by atoms with Gasteiger partial charge >= 0.3 is 5.97 Å². The Morgan fingerprint density at radius 1 is 1.90 bits per heavy atom. The molecule has 0 saturated heterocycles. The number of hydrogen-bond donors (Lipinski definition) is 1. The maximum absolute atomic E-state index is 10.8. The summed E-state index contributed by atoms with van der Waals surface area (Å²) >= 11 is 1.03. The van der Waals surface area contributed by atoms with Crippen molar-refractivity contribution in [3.05, 3.63) is 11.1 Å². The fourth-order valence-corrected chi connectivity index (χ4v) is 1.08. The van der Waals surface area contributed by atoms with Gasteiger partial charge in [0.05, 0.1) is 19.0 Å². The SMILES string of the molecule is COC(=O)c1sncc1N. The minimum absolute atomic E-state index is 0.363. The van der Waals surface area contributed by atoms with Crippen molar-refractivity contribution in [2.24, 2.45) is 0 Å². The largest absolute Gasteiger partial charge is 0.465 e. The van der Waals surface area contributed by atoms with E-state index in [0.717, 1.165) is 11.5 Å². The van der Waals surface area contributed by atoms with Crippen molar-refractivity contribution < 1.29 is 9.53 Å². The molecular weight excluding hydrogens is 152 g/mol. The second-order valence-corrected chi connectivity index (χ2v) is 2.40. The van der Waals surface area contributed by atoms with Crippen LogP contribution in [0.4, 0.5) is 5.69 Å². The number of hydrogen-bond acceptors (Lipinski definition) is 5. The van der Waals surface area contributed by atoms with Crippen LogP contribution in [-0.2, 0) is 4.74 Å². The molecule has 5 heteroatoms. The van der Waals surface area contributed by atoms with E-state index in [1.807, 2.05) is 0 Å². The van der Waals surface area contributed by atoms with E-state index in [1.54, 1.807) is 0 Å². The molecule has 0 amide bonds. The molecule has 0 bridgehead atoms. The van der Waals surface area contributed by atoms with Gasteiger partial charge in [0.2, 0.25) is 0 Å².